The summed E-state index contributed by atoms with van der Waals surface area (Å²) in [7, 11) is 1.69. The largest absolute Gasteiger partial charge is 0.416 e. The summed E-state index contributed by atoms with van der Waals surface area (Å²) in [6.45, 7) is 4.33. The van der Waals surface area contributed by atoms with Gasteiger partial charge in [-0.25, -0.2) is 9.97 Å². The van der Waals surface area contributed by atoms with Crippen molar-refractivity contribution in [3.05, 3.63) is 47.3 Å². The lowest BCUT2D eigenvalue weighted by Crippen LogP contribution is -2.28. The molecule has 0 aliphatic rings. The molecule has 0 radical (unpaired) electrons. The van der Waals surface area contributed by atoms with Gasteiger partial charge in [0.25, 0.3) is 5.91 Å². The lowest BCUT2D eigenvalue weighted by Gasteiger charge is -2.17. The van der Waals surface area contributed by atoms with Crippen molar-refractivity contribution in [3.63, 3.8) is 0 Å². The third-order valence-corrected chi connectivity index (χ3v) is 3.71. The second-order valence-corrected chi connectivity index (χ2v) is 6.00. The van der Waals surface area contributed by atoms with Crippen LogP contribution in [0.5, 0.6) is 0 Å². The molecule has 5 nitrogen and oxygen atoms in total. The summed E-state index contributed by atoms with van der Waals surface area (Å²) in [6, 6.07) is 6.30. The van der Waals surface area contributed by atoms with E-state index >= 15 is 0 Å². The Hall–Kier alpha value is -2.64. The number of anilines is 2. The molecule has 1 heterocycles. The van der Waals surface area contributed by atoms with Crippen LogP contribution in [0.15, 0.2) is 30.3 Å². The fraction of sp³-hybridized carbons (Fsp3) is 0.389. The maximum Gasteiger partial charge on any atom is 0.416 e. The summed E-state index contributed by atoms with van der Waals surface area (Å²) < 4.78 is 38.5. The first-order valence-corrected chi connectivity index (χ1v) is 8.26. The molecule has 26 heavy (non-hydrogen) atoms. The van der Waals surface area contributed by atoms with Crippen molar-refractivity contribution in [2.75, 3.05) is 18.9 Å². The molecule has 1 aromatic heterocycles. The van der Waals surface area contributed by atoms with Crippen molar-refractivity contribution < 1.29 is 18.0 Å². The van der Waals surface area contributed by atoms with E-state index in [1.165, 1.54) is 12.1 Å². The van der Waals surface area contributed by atoms with Gasteiger partial charge in [-0.3, -0.25) is 4.79 Å². The molecule has 1 aromatic carbocycles. The van der Waals surface area contributed by atoms with Crippen molar-refractivity contribution in [1.29, 1.82) is 0 Å². The molecule has 140 valence electrons. The second kappa shape index (κ2) is 8.16. The molecule has 2 aromatic rings. The van der Waals surface area contributed by atoms with Gasteiger partial charge >= 0.3 is 6.18 Å². The number of aromatic nitrogens is 2. The van der Waals surface area contributed by atoms with E-state index in [0.717, 1.165) is 25.0 Å². The number of hydrogen-bond donors (Lipinski definition) is 1. The van der Waals surface area contributed by atoms with Crippen LogP contribution >= 0.6 is 0 Å². The number of alkyl halides is 3. The van der Waals surface area contributed by atoms with Crippen LogP contribution in [-0.4, -0.2) is 34.4 Å². The smallest absolute Gasteiger partial charge is 0.340 e. The highest BCUT2D eigenvalue weighted by Gasteiger charge is 2.30. The predicted molar refractivity (Wildman–Crippen MR) is 93.4 cm³/mol. The fourth-order valence-corrected chi connectivity index (χ4v) is 2.33. The number of nitrogens with one attached hydrogen (secondary N) is 1. The average Bonchev–Trinajstić information content (AvgIpc) is 2.58. The number of nitrogens with zero attached hydrogens (tertiary/aromatic N) is 3. The zero-order chi connectivity index (χ0) is 19.3. The Bertz CT molecular complexity index is 777. The lowest BCUT2D eigenvalue weighted by atomic mass is 10.2. The summed E-state index contributed by atoms with van der Waals surface area (Å²) >= 11 is 0. The topological polar surface area (TPSA) is 58.1 Å². The molecule has 0 spiro atoms. The summed E-state index contributed by atoms with van der Waals surface area (Å²) in [5.41, 5.74) is 0.168. The molecular formula is C18H21F3N4O. The number of carbonyl (C=O) groups excluding carboxylic acids is 1. The highest BCUT2D eigenvalue weighted by Crippen LogP contribution is 2.31. The van der Waals surface area contributed by atoms with Gasteiger partial charge in [0.05, 0.1) is 5.56 Å². The zero-order valence-corrected chi connectivity index (χ0v) is 14.9. The minimum absolute atomic E-state index is 0.0802. The molecule has 0 saturated carbocycles. The summed E-state index contributed by atoms with van der Waals surface area (Å²) in [5.74, 6) is -0.174. The molecule has 0 fully saturated rings. The number of amides is 1. The molecule has 0 unspecified atom stereocenters. The van der Waals surface area contributed by atoms with Gasteiger partial charge in [0, 0.05) is 25.0 Å². The molecular weight excluding hydrogens is 345 g/mol. The standard InChI is InChI=1S/C18H21F3N4O/c1-4-5-9-25(3)16(26)15-10-12(2)22-17(24-15)23-14-8-6-7-13(11-14)18(19,20)21/h6-8,10-11H,4-5,9H2,1-3H3,(H,22,23,24). The molecule has 0 aliphatic carbocycles. The minimum Gasteiger partial charge on any atom is -0.340 e. The first-order valence-electron chi connectivity index (χ1n) is 8.26. The number of aryl methyl sites for hydroxylation is 1. The molecule has 2 rings (SSSR count). The van der Waals surface area contributed by atoms with Crippen molar-refractivity contribution in [1.82, 2.24) is 14.9 Å². The van der Waals surface area contributed by atoms with E-state index in [0.29, 0.717) is 12.2 Å². The van der Waals surface area contributed by atoms with Crippen molar-refractivity contribution in [3.8, 4) is 0 Å². The zero-order valence-electron chi connectivity index (χ0n) is 14.9. The van der Waals surface area contributed by atoms with Crippen molar-refractivity contribution >= 4 is 17.5 Å². The maximum atomic E-state index is 12.8. The third-order valence-electron chi connectivity index (χ3n) is 3.71. The average molecular weight is 366 g/mol. The quantitative estimate of drug-likeness (QED) is 0.822. The number of rotatable bonds is 6. The van der Waals surface area contributed by atoms with Gasteiger partial charge in [-0.05, 0) is 37.6 Å². The third kappa shape index (κ3) is 5.18. The predicted octanol–water partition coefficient (Wildman–Crippen LogP) is 4.42. The van der Waals surface area contributed by atoms with Gasteiger partial charge in [0.15, 0.2) is 0 Å². The highest BCUT2D eigenvalue weighted by molar-refractivity contribution is 5.92. The molecule has 0 aliphatic heterocycles. The van der Waals surface area contributed by atoms with Crippen molar-refractivity contribution in [2.45, 2.75) is 32.9 Å². The maximum absolute atomic E-state index is 12.8. The minimum atomic E-state index is -4.44. The van der Waals surface area contributed by atoms with Gasteiger partial charge < -0.3 is 10.2 Å². The van der Waals surface area contributed by atoms with E-state index in [9.17, 15) is 18.0 Å². The number of carbonyl (C=O) groups is 1. The van der Waals surface area contributed by atoms with Crippen LogP contribution in [0.3, 0.4) is 0 Å². The Balaban J connectivity index is 2.24. The van der Waals surface area contributed by atoms with Crippen LogP contribution < -0.4 is 5.32 Å². The Morgan fingerprint density at radius 3 is 2.62 bits per heavy atom. The SMILES string of the molecule is CCCCN(C)C(=O)c1cc(C)nc(Nc2cccc(C(F)(F)F)c2)n1. The van der Waals surface area contributed by atoms with Crippen LogP contribution in [0.2, 0.25) is 0 Å². The van der Waals surface area contributed by atoms with E-state index in [1.807, 2.05) is 6.92 Å². The Morgan fingerprint density at radius 2 is 1.96 bits per heavy atom. The number of hydrogen-bond acceptors (Lipinski definition) is 4. The van der Waals surface area contributed by atoms with E-state index in [2.05, 4.69) is 15.3 Å². The molecule has 1 amide bonds. The summed E-state index contributed by atoms with van der Waals surface area (Å²) in [5, 5.41) is 2.74. The van der Waals surface area contributed by atoms with Crippen LogP contribution in [-0.2, 0) is 6.18 Å². The molecule has 1 N–H and O–H groups in total. The summed E-state index contributed by atoms with van der Waals surface area (Å²) in [4.78, 5) is 22.3. The van der Waals surface area contributed by atoms with Crippen LogP contribution in [0.25, 0.3) is 0 Å². The van der Waals surface area contributed by atoms with Crippen LogP contribution in [0.1, 0.15) is 41.5 Å². The Labute approximate surface area is 150 Å². The number of unbranched alkanes of at least 4 members (excludes halogenated alkanes) is 1. The van der Waals surface area contributed by atoms with Gasteiger partial charge in [-0.1, -0.05) is 19.4 Å². The van der Waals surface area contributed by atoms with E-state index in [-0.39, 0.29) is 23.2 Å². The summed E-state index contributed by atoms with van der Waals surface area (Å²) in [6.07, 6.45) is -2.60. The van der Waals surface area contributed by atoms with Gasteiger partial charge in [0.2, 0.25) is 5.95 Å². The first-order chi connectivity index (χ1) is 12.2. The Kier molecular flexibility index (Phi) is 6.18. The van der Waals surface area contributed by atoms with E-state index in [1.54, 1.807) is 24.9 Å². The molecule has 0 atom stereocenters. The van der Waals surface area contributed by atoms with E-state index < -0.39 is 11.7 Å². The fourth-order valence-electron chi connectivity index (χ4n) is 2.33. The normalized spacial score (nSPS) is 11.3. The van der Waals surface area contributed by atoms with Crippen LogP contribution in [0, 0.1) is 6.92 Å². The highest BCUT2D eigenvalue weighted by atomic mass is 19.4. The van der Waals surface area contributed by atoms with E-state index in [4.69, 9.17) is 0 Å². The van der Waals surface area contributed by atoms with Gasteiger partial charge in [-0.15, -0.1) is 0 Å². The first kappa shape index (κ1) is 19.7. The van der Waals surface area contributed by atoms with Gasteiger partial charge in [-0.2, -0.15) is 13.2 Å². The number of benzene rings is 1. The monoisotopic (exact) mass is 366 g/mol. The van der Waals surface area contributed by atoms with Gasteiger partial charge in [0.1, 0.15) is 5.69 Å². The second-order valence-electron chi connectivity index (χ2n) is 6.00. The number of halogens is 3. The van der Waals surface area contributed by atoms with Crippen molar-refractivity contribution in [2.24, 2.45) is 0 Å². The molecule has 0 saturated heterocycles. The lowest BCUT2D eigenvalue weighted by molar-refractivity contribution is -0.137. The van der Waals surface area contributed by atoms with Crippen LogP contribution in [0.4, 0.5) is 24.8 Å². The molecule has 0 bridgehead atoms. The Morgan fingerprint density at radius 1 is 1.23 bits per heavy atom. The molecule has 8 heteroatoms.